The van der Waals surface area contributed by atoms with E-state index in [1.165, 1.54) is 16.8 Å². The van der Waals surface area contributed by atoms with Crippen LogP contribution in [-0.2, 0) is 21.2 Å². The van der Waals surface area contributed by atoms with Crippen molar-refractivity contribution in [1.82, 2.24) is 9.78 Å². The van der Waals surface area contributed by atoms with E-state index in [1.807, 2.05) is 13.8 Å². The third-order valence-electron chi connectivity index (χ3n) is 4.48. The van der Waals surface area contributed by atoms with E-state index in [-0.39, 0.29) is 27.2 Å². The maximum Gasteiger partial charge on any atom is 0.246 e. The molecule has 0 fully saturated rings. The summed E-state index contributed by atoms with van der Waals surface area (Å²) in [6.45, 7) is 3.47. The van der Waals surface area contributed by atoms with E-state index in [1.54, 1.807) is 36.6 Å². The maximum atomic E-state index is 13.2. The first-order valence-electron chi connectivity index (χ1n) is 8.91. The Kier molecular flexibility index (Phi) is 6.44. The quantitative estimate of drug-likeness (QED) is 0.535. The number of hydrogen-bond donors (Lipinski definition) is 2. The largest absolute Gasteiger partial charge is 0.383 e. The summed E-state index contributed by atoms with van der Waals surface area (Å²) in [5.74, 6) is -0.487. The van der Waals surface area contributed by atoms with Crippen molar-refractivity contribution < 1.29 is 13.2 Å². The van der Waals surface area contributed by atoms with Crippen LogP contribution in [0.4, 0.5) is 11.5 Å². The van der Waals surface area contributed by atoms with Crippen molar-refractivity contribution in [1.29, 1.82) is 0 Å². The van der Waals surface area contributed by atoms with Crippen LogP contribution in [0.15, 0.2) is 57.3 Å². The third-order valence-corrected chi connectivity index (χ3v) is 7.35. The lowest BCUT2D eigenvalue weighted by molar-refractivity contribution is -0.116. The van der Waals surface area contributed by atoms with E-state index < -0.39 is 15.7 Å². The predicted octanol–water partition coefficient (Wildman–Crippen LogP) is 3.93. The molecule has 0 atom stereocenters. The van der Waals surface area contributed by atoms with Gasteiger partial charge in [0.05, 0.1) is 4.90 Å². The van der Waals surface area contributed by atoms with Crippen LogP contribution in [0.5, 0.6) is 0 Å². The zero-order chi connectivity index (χ0) is 22.1. The standard InChI is InChI=1S/C20H21ClN4O3S2/c1-12-4-8-15(9-5-12)30(27,28)18-19(22)25(24-20(18)29-3)11-17(26)23-16-10-14(21)7-6-13(16)2/h4-10H,11,22H2,1-3H3,(H,23,26). The number of sulfone groups is 1. The minimum absolute atomic E-state index is 0.0853. The number of nitrogens with zero attached hydrogens (tertiary/aromatic N) is 2. The molecule has 3 N–H and O–H groups in total. The van der Waals surface area contributed by atoms with Crippen molar-refractivity contribution in [3.8, 4) is 0 Å². The second kappa shape index (κ2) is 8.71. The number of halogens is 1. The monoisotopic (exact) mass is 464 g/mol. The molecule has 30 heavy (non-hydrogen) atoms. The predicted molar refractivity (Wildman–Crippen MR) is 120 cm³/mol. The second-order valence-electron chi connectivity index (χ2n) is 6.71. The molecule has 1 amide bonds. The van der Waals surface area contributed by atoms with Crippen molar-refractivity contribution in [3.63, 3.8) is 0 Å². The van der Waals surface area contributed by atoms with Gasteiger partial charge in [-0.2, -0.15) is 5.10 Å². The molecule has 0 unspecified atom stereocenters. The van der Waals surface area contributed by atoms with Gasteiger partial charge in [-0.05, 0) is 49.9 Å². The summed E-state index contributed by atoms with van der Waals surface area (Å²) in [6, 6.07) is 11.6. The molecule has 10 heteroatoms. The van der Waals surface area contributed by atoms with E-state index in [4.69, 9.17) is 17.3 Å². The molecule has 0 spiro atoms. The van der Waals surface area contributed by atoms with E-state index >= 15 is 0 Å². The number of nitrogens with one attached hydrogen (secondary N) is 1. The Balaban J connectivity index is 1.92. The molecule has 0 radical (unpaired) electrons. The van der Waals surface area contributed by atoms with Crippen molar-refractivity contribution >= 4 is 50.6 Å². The highest BCUT2D eigenvalue weighted by Gasteiger charge is 2.29. The van der Waals surface area contributed by atoms with Gasteiger partial charge in [-0.25, -0.2) is 13.1 Å². The average molecular weight is 465 g/mol. The van der Waals surface area contributed by atoms with Gasteiger partial charge in [0.15, 0.2) is 0 Å². The Morgan fingerprint density at radius 1 is 1.20 bits per heavy atom. The molecule has 7 nitrogen and oxygen atoms in total. The van der Waals surface area contributed by atoms with Crippen molar-refractivity contribution in [2.75, 3.05) is 17.3 Å². The van der Waals surface area contributed by atoms with E-state index in [9.17, 15) is 13.2 Å². The van der Waals surface area contributed by atoms with Crippen LogP contribution in [0, 0.1) is 13.8 Å². The number of anilines is 2. The summed E-state index contributed by atoms with van der Waals surface area (Å²) in [5.41, 5.74) is 8.48. The number of aromatic nitrogens is 2. The Morgan fingerprint density at radius 2 is 1.87 bits per heavy atom. The molecule has 0 saturated carbocycles. The summed E-state index contributed by atoms with van der Waals surface area (Å²) in [6.07, 6.45) is 1.70. The van der Waals surface area contributed by atoms with E-state index in [0.29, 0.717) is 10.7 Å². The second-order valence-corrected chi connectivity index (χ2v) is 9.82. The van der Waals surface area contributed by atoms with Crippen LogP contribution in [0.25, 0.3) is 0 Å². The van der Waals surface area contributed by atoms with Crippen LogP contribution < -0.4 is 11.1 Å². The van der Waals surface area contributed by atoms with Gasteiger partial charge in [0.1, 0.15) is 22.3 Å². The van der Waals surface area contributed by atoms with Crippen LogP contribution in [0.1, 0.15) is 11.1 Å². The molecule has 0 saturated heterocycles. The van der Waals surface area contributed by atoms with Crippen LogP contribution >= 0.6 is 23.4 Å². The lowest BCUT2D eigenvalue weighted by Gasteiger charge is -2.10. The number of aryl methyl sites for hydroxylation is 2. The third kappa shape index (κ3) is 4.48. The number of nitrogens with two attached hydrogens (primary N) is 1. The summed E-state index contributed by atoms with van der Waals surface area (Å²) < 4.78 is 27.5. The Hall–Kier alpha value is -2.49. The Labute approximate surface area is 184 Å². The fourth-order valence-electron chi connectivity index (χ4n) is 2.83. The summed E-state index contributed by atoms with van der Waals surface area (Å²) in [4.78, 5) is 12.6. The Bertz CT molecular complexity index is 1210. The van der Waals surface area contributed by atoms with Gasteiger partial charge in [0.25, 0.3) is 0 Å². The highest BCUT2D eigenvalue weighted by atomic mass is 35.5. The van der Waals surface area contributed by atoms with Crippen molar-refractivity contribution in [2.45, 2.75) is 35.2 Å². The van der Waals surface area contributed by atoms with Crippen LogP contribution in [0.2, 0.25) is 5.02 Å². The number of carbonyl (C=O) groups excluding carboxylic acids is 1. The smallest absolute Gasteiger partial charge is 0.246 e. The van der Waals surface area contributed by atoms with Crippen LogP contribution in [0.3, 0.4) is 0 Å². The molecular formula is C20H21ClN4O3S2. The first-order chi connectivity index (χ1) is 14.1. The topological polar surface area (TPSA) is 107 Å². The minimum Gasteiger partial charge on any atom is -0.383 e. The fourth-order valence-corrected chi connectivity index (χ4v) is 5.44. The molecule has 3 aromatic rings. The van der Waals surface area contributed by atoms with E-state index in [0.717, 1.165) is 22.9 Å². The normalized spacial score (nSPS) is 11.5. The van der Waals surface area contributed by atoms with Crippen LogP contribution in [-0.4, -0.2) is 30.4 Å². The maximum absolute atomic E-state index is 13.2. The molecule has 3 rings (SSSR count). The highest BCUT2D eigenvalue weighted by Crippen LogP contribution is 2.34. The number of hydrogen-bond acceptors (Lipinski definition) is 6. The van der Waals surface area contributed by atoms with Gasteiger partial charge in [-0.15, -0.1) is 11.8 Å². The number of benzene rings is 2. The van der Waals surface area contributed by atoms with Gasteiger partial charge in [-0.1, -0.05) is 35.4 Å². The molecule has 0 bridgehead atoms. The first-order valence-corrected chi connectivity index (χ1v) is 12.0. The molecule has 1 heterocycles. The minimum atomic E-state index is -3.89. The number of rotatable bonds is 6. The van der Waals surface area contributed by atoms with Crippen molar-refractivity contribution in [3.05, 3.63) is 58.6 Å². The number of nitrogen functional groups attached to an aromatic ring is 1. The molecule has 1 aromatic heterocycles. The molecule has 2 aromatic carbocycles. The van der Waals surface area contributed by atoms with Gasteiger partial charge in [-0.3, -0.25) is 4.79 Å². The summed E-state index contributed by atoms with van der Waals surface area (Å²) in [5, 5.41) is 7.73. The SMILES string of the molecule is CSc1nn(CC(=O)Nc2cc(Cl)ccc2C)c(N)c1S(=O)(=O)c1ccc(C)cc1. The Morgan fingerprint density at radius 3 is 2.50 bits per heavy atom. The van der Waals surface area contributed by atoms with Gasteiger partial charge in [0.2, 0.25) is 15.7 Å². The van der Waals surface area contributed by atoms with Gasteiger partial charge >= 0.3 is 0 Å². The number of carbonyl (C=O) groups is 1. The lowest BCUT2D eigenvalue weighted by Crippen LogP contribution is -2.21. The number of thioether (sulfide) groups is 1. The lowest BCUT2D eigenvalue weighted by atomic mass is 10.2. The number of amides is 1. The molecule has 0 aliphatic heterocycles. The highest BCUT2D eigenvalue weighted by molar-refractivity contribution is 7.99. The van der Waals surface area contributed by atoms with E-state index in [2.05, 4.69) is 10.4 Å². The summed E-state index contributed by atoms with van der Waals surface area (Å²) in [7, 11) is -3.89. The summed E-state index contributed by atoms with van der Waals surface area (Å²) >= 11 is 7.14. The van der Waals surface area contributed by atoms with Gasteiger partial charge in [0, 0.05) is 10.7 Å². The van der Waals surface area contributed by atoms with Crippen molar-refractivity contribution in [2.24, 2.45) is 0 Å². The van der Waals surface area contributed by atoms with Gasteiger partial charge < -0.3 is 11.1 Å². The molecule has 0 aliphatic rings. The molecule has 0 aliphatic carbocycles. The first kappa shape index (κ1) is 22.2. The molecule has 158 valence electrons. The fraction of sp³-hybridized carbons (Fsp3) is 0.200. The molecular weight excluding hydrogens is 444 g/mol. The zero-order valence-corrected chi connectivity index (χ0v) is 19.0. The average Bonchev–Trinajstić information content (AvgIpc) is 3.01. The zero-order valence-electron chi connectivity index (χ0n) is 16.6.